The summed E-state index contributed by atoms with van der Waals surface area (Å²) >= 11 is 6.24. The van der Waals surface area contributed by atoms with E-state index in [1.165, 1.54) is 24.4 Å². The predicted octanol–water partition coefficient (Wildman–Crippen LogP) is 3.98. The molecule has 31 heavy (non-hydrogen) atoms. The van der Waals surface area contributed by atoms with Crippen LogP contribution in [0.5, 0.6) is 0 Å². The summed E-state index contributed by atoms with van der Waals surface area (Å²) in [7, 11) is 0. The Morgan fingerprint density at radius 1 is 1.29 bits per heavy atom. The average Bonchev–Trinajstić information content (AvgIpc) is 2.72. The van der Waals surface area contributed by atoms with Crippen LogP contribution in [0.15, 0.2) is 36.5 Å². The van der Waals surface area contributed by atoms with Gasteiger partial charge in [-0.05, 0) is 44.4 Å². The second-order valence-corrected chi connectivity index (χ2v) is 7.95. The smallest absolute Gasteiger partial charge is 0.250 e. The molecule has 0 spiro atoms. The Kier molecular flexibility index (Phi) is 7.06. The highest BCUT2D eigenvalue weighted by molar-refractivity contribution is 6.33. The maximum Gasteiger partial charge on any atom is 0.250 e. The van der Waals surface area contributed by atoms with Gasteiger partial charge in [-0.25, -0.2) is 9.37 Å². The zero-order chi connectivity index (χ0) is 22.5. The first-order chi connectivity index (χ1) is 14.7. The Bertz CT molecular complexity index is 1020. The number of anilines is 4. The molecule has 0 radical (unpaired) electrons. The Balaban J connectivity index is 1.79. The number of aromatic nitrogens is 2. The van der Waals surface area contributed by atoms with Gasteiger partial charge in [0, 0.05) is 17.5 Å². The fraction of sp³-hybridized carbons (Fsp3) is 0.333. The van der Waals surface area contributed by atoms with Crippen molar-refractivity contribution in [3.05, 3.63) is 47.4 Å². The lowest BCUT2D eigenvalue weighted by Gasteiger charge is -2.28. The van der Waals surface area contributed by atoms with Crippen LogP contribution in [0.3, 0.4) is 0 Å². The molecule has 1 fully saturated rings. The SMILES string of the molecule is C=C(C)C(=O)Nc1cc(F)ccc1Nc1nc(N[C@H]2CCC[C@@H](C(N)=O)C2)ncc1Cl. The summed E-state index contributed by atoms with van der Waals surface area (Å²) in [5.41, 5.74) is 6.34. The van der Waals surface area contributed by atoms with E-state index in [0.29, 0.717) is 18.1 Å². The molecule has 2 amide bonds. The first-order valence-electron chi connectivity index (χ1n) is 9.84. The fourth-order valence-electron chi connectivity index (χ4n) is 3.37. The lowest BCUT2D eigenvalue weighted by Crippen LogP contribution is -2.34. The Labute approximate surface area is 184 Å². The Hall–Kier alpha value is -3.20. The summed E-state index contributed by atoms with van der Waals surface area (Å²) in [6.45, 7) is 5.13. The quantitative estimate of drug-likeness (QED) is 0.477. The third kappa shape index (κ3) is 5.91. The van der Waals surface area contributed by atoms with E-state index in [1.807, 2.05) is 0 Å². The molecule has 1 aromatic carbocycles. The van der Waals surface area contributed by atoms with E-state index < -0.39 is 11.7 Å². The molecule has 1 aliphatic rings. The number of carbonyl (C=O) groups excluding carboxylic acids is 2. The van der Waals surface area contributed by atoms with Gasteiger partial charge in [0.1, 0.15) is 10.8 Å². The molecular formula is C21H24ClFN6O2. The van der Waals surface area contributed by atoms with Gasteiger partial charge in [-0.3, -0.25) is 9.59 Å². The minimum absolute atomic E-state index is 0.0107. The van der Waals surface area contributed by atoms with Crippen molar-refractivity contribution in [1.29, 1.82) is 0 Å². The first-order valence-corrected chi connectivity index (χ1v) is 10.2. The zero-order valence-electron chi connectivity index (χ0n) is 17.0. The van der Waals surface area contributed by atoms with Gasteiger partial charge in [0.05, 0.1) is 17.6 Å². The average molecular weight is 447 g/mol. The van der Waals surface area contributed by atoms with Crippen LogP contribution in [0.2, 0.25) is 5.02 Å². The number of amides is 2. The number of nitrogens with two attached hydrogens (primary N) is 1. The molecule has 0 bridgehead atoms. The zero-order valence-corrected chi connectivity index (χ0v) is 17.8. The number of hydrogen-bond acceptors (Lipinski definition) is 6. The standard InChI is InChI=1S/C21H24ClFN6O2/c1-11(2)20(31)28-17-9-13(23)6-7-16(17)27-19-15(22)10-25-21(29-19)26-14-5-3-4-12(8-14)18(24)30/h6-7,9-10,12,14H,1,3-5,8H2,2H3,(H2,24,30)(H,28,31)(H2,25,26,27,29)/t12-,14+/m1/s1. The molecular weight excluding hydrogens is 423 g/mol. The number of halogens is 2. The minimum atomic E-state index is -0.514. The highest BCUT2D eigenvalue weighted by Gasteiger charge is 2.26. The van der Waals surface area contributed by atoms with Gasteiger partial charge in [0.25, 0.3) is 5.91 Å². The van der Waals surface area contributed by atoms with Gasteiger partial charge in [0.15, 0.2) is 5.82 Å². The molecule has 0 saturated heterocycles. The number of nitrogens with one attached hydrogen (secondary N) is 3. The number of rotatable bonds is 7. The highest BCUT2D eigenvalue weighted by Crippen LogP contribution is 2.31. The van der Waals surface area contributed by atoms with E-state index in [4.69, 9.17) is 17.3 Å². The number of carbonyl (C=O) groups is 2. The molecule has 8 nitrogen and oxygen atoms in total. The van der Waals surface area contributed by atoms with Crippen molar-refractivity contribution in [3.63, 3.8) is 0 Å². The van der Waals surface area contributed by atoms with Crippen molar-refractivity contribution in [2.45, 2.75) is 38.6 Å². The third-order valence-electron chi connectivity index (χ3n) is 5.02. The maximum absolute atomic E-state index is 13.7. The maximum atomic E-state index is 13.7. The first kappa shape index (κ1) is 22.5. The molecule has 2 atom stereocenters. The number of benzene rings is 1. The van der Waals surface area contributed by atoms with Crippen LogP contribution < -0.4 is 21.7 Å². The lowest BCUT2D eigenvalue weighted by atomic mass is 9.85. The van der Waals surface area contributed by atoms with E-state index >= 15 is 0 Å². The van der Waals surface area contributed by atoms with E-state index in [0.717, 1.165) is 19.3 Å². The van der Waals surface area contributed by atoms with Gasteiger partial charge >= 0.3 is 0 Å². The van der Waals surface area contributed by atoms with Crippen molar-refractivity contribution >= 4 is 46.6 Å². The monoisotopic (exact) mass is 446 g/mol. The third-order valence-corrected chi connectivity index (χ3v) is 5.30. The molecule has 1 saturated carbocycles. The molecule has 0 unspecified atom stereocenters. The van der Waals surface area contributed by atoms with Crippen LogP contribution >= 0.6 is 11.6 Å². The van der Waals surface area contributed by atoms with Crippen LogP contribution in [0.25, 0.3) is 0 Å². The molecule has 2 aromatic rings. The molecule has 10 heteroatoms. The van der Waals surface area contributed by atoms with E-state index in [9.17, 15) is 14.0 Å². The highest BCUT2D eigenvalue weighted by atomic mass is 35.5. The summed E-state index contributed by atoms with van der Waals surface area (Å²) in [5.74, 6) is -0.817. The van der Waals surface area contributed by atoms with Gasteiger partial charge in [-0.1, -0.05) is 24.6 Å². The van der Waals surface area contributed by atoms with Crippen LogP contribution in [0, 0.1) is 11.7 Å². The van der Waals surface area contributed by atoms with Crippen molar-refractivity contribution in [2.24, 2.45) is 11.7 Å². The van der Waals surface area contributed by atoms with Crippen LogP contribution in [0.1, 0.15) is 32.6 Å². The van der Waals surface area contributed by atoms with Crippen molar-refractivity contribution in [3.8, 4) is 0 Å². The summed E-state index contributed by atoms with van der Waals surface area (Å²) < 4.78 is 13.7. The van der Waals surface area contributed by atoms with Crippen molar-refractivity contribution in [2.75, 3.05) is 16.0 Å². The predicted molar refractivity (Wildman–Crippen MR) is 119 cm³/mol. The topological polar surface area (TPSA) is 122 Å². The van der Waals surface area contributed by atoms with E-state index in [-0.39, 0.29) is 40.0 Å². The summed E-state index contributed by atoms with van der Waals surface area (Å²) in [6, 6.07) is 3.91. The van der Waals surface area contributed by atoms with Crippen LogP contribution in [0.4, 0.5) is 27.5 Å². The number of hydrogen-bond donors (Lipinski definition) is 4. The summed E-state index contributed by atoms with van der Waals surface area (Å²) in [5, 5.41) is 9.07. The number of nitrogens with zero attached hydrogens (tertiary/aromatic N) is 2. The Morgan fingerprint density at radius 2 is 2.06 bits per heavy atom. The molecule has 1 aliphatic carbocycles. The number of primary amides is 1. The lowest BCUT2D eigenvalue weighted by molar-refractivity contribution is -0.122. The van der Waals surface area contributed by atoms with E-state index in [2.05, 4.69) is 32.5 Å². The van der Waals surface area contributed by atoms with Gasteiger partial charge < -0.3 is 21.7 Å². The normalized spacial score (nSPS) is 18.2. The van der Waals surface area contributed by atoms with Crippen LogP contribution in [-0.4, -0.2) is 27.8 Å². The minimum Gasteiger partial charge on any atom is -0.369 e. The van der Waals surface area contributed by atoms with Gasteiger partial charge in [-0.15, -0.1) is 0 Å². The molecule has 164 valence electrons. The molecule has 1 aromatic heterocycles. The molecule has 0 aliphatic heterocycles. The van der Waals surface area contributed by atoms with E-state index in [1.54, 1.807) is 6.92 Å². The van der Waals surface area contributed by atoms with Crippen molar-refractivity contribution < 1.29 is 14.0 Å². The Morgan fingerprint density at radius 3 is 2.77 bits per heavy atom. The van der Waals surface area contributed by atoms with Gasteiger partial charge in [-0.2, -0.15) is 4.98 Å². The molecule has 3 rings (SSSR count). The molecule has 5 N–H and O–H groups in total. The van der Waals surface area contributed by atoms with Gasteiger partial charge in [0.2, 0.25) is 11.9 Å². The summed E-state index contributed by atoms with van der Waals surface area (Å²) in [6.07, 6.45) is 4.58. The second kappa shape index (κ2) is 9.74. The fourth-order valence-corrected chi connectivity index (χ4v) is 3.51. The summed E-state index contributed by atoms with van der Waals surface area (Å²) in [4.78, 5) is 32.1. The molecule has 1 heterocycles. The largest absolute Gasteiger partial charge is 0.369 e. The second-order valence-electron chi connectivity index (χ2n) is 7.55. The van der Waals surface area contributed by atoms with Crippen LogP contribution in [-0.2, 0) is 9.59 Å². The van der Waals surface area contributed by atoms with Crippen molar-refractivity contribution in [1.82, 2.24) is 9.97 Å².